The number of hydrogen-bond donors (Lipinski definition) is 1. The van der Waals surface area contributed by atoms with Gasteiger partial charge in [-0.15, -0.1) is 0 Å². The Morgan fingerprint density at radius 1 is 1.28 bits per heavy atom. The molecular formula is C14H20N4. The van der Waals surface area contributed by atoms with E-state index in [1.54, 1.807) is 12.7 Å². The van der Waals surface area contributed by atoms with Crippen LogP contribution in [0.4, 0.5) is 5.69 Å². The largest absolute Gasteiger partial charge is 0.383 e. The first-order valence-electron chi connectivity index (χ1n) is 6.46. The molecule has 0 aliphatic carbocycles. The van der Waals surface area contributed by atoms with Crippen LogP contribution in [-0.4, -0.2) is 20.8 Å². The van der Waals surface area contributed by atoms with Gasteiger partial charge in [-0.05, 0) is 31.0 Å². The summed E-state index contributed by atoms with van der Waals surface area (Å²) >= 11 is 0. The molecule has 96 valence electrons. The standard InChI is InChI=1S/C14H20N4/c1-3-4-12(2)17-14-7-5-13(6-8-14)9-18-11-15-10-16-18/h5-8,10-12,17H,3-4,9H2,1-2H3. The molecule has 0 amide bonds. The van der Waals surface area contributed by atoms with Crippen LogP contribution in [0.15, 0.2) is 36.9 Å². The summed E-state index contributed by atoms with van der Waals surface area (Å²) in [5, 5.41) is 7.59. The fraction of sp³-hybridized carbons (Fsp3) is 0.429. The lowest BCUT2D eigenvalue weighted by Crippen LogP contribution is -2.14. The van der Waals surface area contributed by atoms with Crippen molar-refractivity contribution in [2.45, 2.75) is 39.3 Å². The van der Waals surface area contributed by atoms with Gasteiger partial charge in [0.05, 0.1) is 6.54 Å². The third-order valence-corrected chi connectivity index (χ3v) is 2.90. The Balaban J connectivity index is 1.93. The molecule has 1 aromatic heterocycles. The molecule has 0 radical (unpaired) electrons. The summed E-state index contributed by atoms with van der Waals surface area (Å²) in [6.45, 7) is 5.19. The Morgan fingerprint density at radius 2 is 2.06 bits per heavy atom. The summed E-state index contributed by atoms with van der Waals surface area (Å²) in [5.74, 6) is 0. The molecule has 4 heteroatoms. The van der Waals surface area contributed by atoms with E-state index in [1.165, 1.54) is 24.1 Å². The van der Waals surface area contributed by atoms with E-state index in [2.05, 4.69) is 53.5 Å². The molecule has 1 N–H and O–H groups in total. The Labute approximate surface area is 108 Å². The third kappa shape index (κ3) is 3.58. The average molecular weight is 244 g/mol. The fourth-order valence-corrected chi connectivity index (χ4v) is 2.00. The van der Waals surface area contributed by atoms with Crippen LogP contribution in [-0.2, 0) is 6.54 Å². The number of hydrogen-bond acceptors (Lipinski definition) is 3. The predicted molar refractivity (Wildman–Crippen MR) is 73.6 cm³/mol. The Kier molecular flexibility index (Phi) is 4.34. The quantitative estimate of drug-likeness (QED) is 0.849. The van der Waals surface area contributed by atoms with Crippen LogP contribution < -0.4 is 5.32 Å². The highest BCUT2D eigenvalue weighted by Gasteiger charge is 2.01. The molecule has 0 spiro atoms. The van der Waals surface area contributed by atoms with E-state index in [0.717, 1.165) is 6.54 Å². The van der Waals surface area contributed by atoms with E-state index < -0.39 is 0 Å². The van der Waals surface area contributed by atoms with Crippen LogP contribution in [0.3, 0.4) is 0 Å². The lowest BCUT2D eigenvalue weighted by atomic mass is 10.1. The van der Waals surface area contributed by atoms with Gasteiger partial charge in [-0.25, -0.2) is 9.67 Å². The molecule has 0 saturated carbocycles. The van der Waals surface area contributed by atoms with E-state index in [4.69, 9.17) is 0 Å². The molecular weight excluding hydrogens is 224 g/mol. The number of benzene rings is 1. The first-order valence-corrected chi connectivity index (χ1v) is 6.46. The van der Waals surface area contributed by atoms with Crippen molar-refractivity contribution in [3.8, 4) is 0 Å². The molecule has 0 aliphatic rings. The number of nitrogens with zero attached hydrogens (tertiary/aromatic N) is 3. The van der Waals surface area contributed by atoms with E-state index in [1.807, 2.05) is 4.68 Å². The molecule has 0 fully saturated rings. The number of anilines is 1. The predicted octanol–water partition coefficient (Wildman–Crippen LogP) is 2.93. The lowest BCUT2D eigenvalue weighted by molar-refractivity contribution is 0.683. The number of rotatable bonds is 6. The van der Waals surface area contributed by atoms with Crippen molar-refractivity contribution in [3.63, 3.8) is 0 Å². The van der Waals surface area contributed by atoms with Crippen LogP contribution in [0, 0.1) is 0 Å². The highest BCUT2D eigenvalue weighted by Crippen LogP contribution is 2.13. The van der Waals surface area contributed by atoms with E-state index in [9.17, 15) is 0 Å². The van der Waals surface area contributed by atoms with Crippen molar-refractivity contribution in [2.24, 2.45) is 0 Å². The summed E-state index contributed by atoms with van der Waals surface area (Å²) in [6, 6.07) is 9.03. The van der Waals surface area contributed by atoms with Gasteiger partial charge in [0.1, 0.15) is 12.7 Å². The van der Waals surface area contributed by atoms with Crippen LogP contribution in [0.25, 0.3) is 0 Å². The van der Waals surface area contributed by atoms with Crippen molar-refractivity contribution in [2.75, 3.05) is 5.32 Å². The third-order valence-electron chi connectivity index (χ3n) is 2.90. The van der Waals surface area contributed by atoms with Crippen LogP contribution >= 0.6 is 0 Å². The van der Waals surface area contributed by atoms with Gasteiger partial charge in [-0.3, -0.25) is 0 Å². The molecule has 4 nitrogen and oxygen atoms in total. The zero-order chi connectivity index (χ0) is 12.8. The topological polar surface area (TPSA) is 42.7 Å². The molecule has 0 saturated heterocycles. The highest BCUT2D eigenvalue weighted by molar-refractivity contribution is 5.45. The first-order chi connectivity index (χ1) is 8.78. The number of aromatic nitrogens is 3. The van der Waals surface area contributed by atoms with Gasteiger partial charge in [-0.1, -0.05) is 25.5 Å². The molecule has 2 aromatic rings. The van der Waals surface area contributed by atoms with Gasteiger partial charge in [0.2, 0.25) is 0 Å². The van der Waals surface area contributed by atoms with Gasteiger partial charge in [-0.2, -0.15) is 5.10 Å². The van der Waals surface area contributed by atoms with Gasteiger partial charge < -0.3 is 5.32 Å². The van der Waals surface area contributed by atoms with Crippen LogP contribution in [0.2, 0.25) is 0 Å². The van der Waals surface area contributed by atoms with Crippen molar-refractivity contribution in [1.29, 1.82) is 0 Å². The van der Waals surface area contributed by atoms with Crippen molar-refractivity contribution < 1.29 is 0 Å². The van der Waals surface area contributed by atoms with Crippen molar-refractivity contribution in [1.82, 2.24) is 14.8 Å². The highest BCUT2D eigenvalue weighted by atomic mass is 15.3. The summed E-state index contributed by atoms with van der Waals surface area (Å²) < 4.78 is 1.82. The van der Waals surface area contributed by atoms with Crippen LogP contribution in [0.5, 0.6) is 0 Å². The minimum absolute atomic E-state index is 0.524. The normalized spacial score (nSPS) is 12.3. The maximum atomic E-state index is 4.10. The fourth-order valence-electron chi connectivity index (χ4n) is 2.00. The summed E-state index contributed by atoms with van der Waals surface area (Å²) in [7, 11) is 0. The SMILES string of the molecule is CCCC(C)Nc1ccc(Cn2cncn2)cc1. The van der Waals surface area contributed by atoms with Gasteiger partial charge >= 0.3 is 0 Å². The summed E-state index contributed by atoms with van der Waals surface area (Å²) in [5.41, 5.74) is 2.41. The maximum Gasteiger partial charge on any atom is 0.137 e. The molecule has 1 atom stereocenters. The lowest BCUT2D eigenvalue weighted by Gasteiger charge is -2.14. The zero-order valence-electron chi connectivity index (χ0n) is 11.0. The van der Waals surface area contributed by atoms with Crippen molar-refractivity contribution >= 4 is 5.69 Å². The molecule has 0 aliphatic heterocycles. The van der Waals surface area contributed by atoms with E-state index in [0.29, 0.717) is 6.04 Å². The number of nitrogens with one attached hydrogen (secondary N) is 1. The first kappa shape index (κ1) is 12.6. The zero-order valence-corrected chi connectivity index (χ0v) is 11.0. The molecule has 1 aromatic carbocycles. The molecule has 1 heterocycles. The van der Waals surface area contributed by atoms with Gasteiger partial charge in [0.25, 0.3) is 0 Å². The van der Waals surface area contributed by atoms with Gasteiger partial charge in [0, 0.05) is 11.7 Å². The Hall–Kier alpha value is -1.84. The van der Waals surface area contributed by atoms with Gasteiger partial charge in [0.15, 0.2) is 0 Å². The second kappa shape index (κ2) is 6.19. The Morgan fingerprint density at radius 3 is 2.67 bits per heavy atom. The summed E-state index contributed by atoms with van der Waals surface area (Å²) in [4.78, 5) is 3.94. The van der Waals surface area contributed by atoms with E-state index in [-0.39, 0.29) is 0 Å². The summed E-state index contributed by atoms with van der Waals surface area (Å²) in [6.07, 6.45) is 5.69. The second-order valence-electron chi connectivity index (χ2n) is 4.62. The van der Waals surface area contributed by atoms with Crippen LogP contribution in [0.1, 0.15) is 32.3 Å². The molecule has 0 bridgehead atoms. The monoisotopic (exact) mass is 244 g/mol. The molecule has 2 rings (SSSR count). The van der Waals surface area contributed by atoms with Crippen molar-refractivity contribution in [3.05, 3.63) is 42.5 Å². The second-order valence-corrected chi connectivity index (χ2v) is 4.62. The minimum Gasteiger partial charge on any atom is -0.383 e. The molecule has 1 unspecified atom stereocenters. The minimum atomic E-state index is 0.524. The van der Waals surface area contributed by atoms with E-state index >= 15 is 0 Å². The smallest absolute Gasteiger partial charge is 0.137 e. The Bertz CT molecular complexity index is 447. The average Bonchev–Trinajstić information content (AvgIpc) is 2.85. The maximum absolute atomic E-state index is 4.10. The molecule has 18 heavy (non-hydrogen) atoms.